The van der Waals surface area contributed by atoms with Gasteiger partial charge in [-0.05, 0) is 23.6 Å². The molecule has 0 saturated heterocycles. The Hall–Kier alpha value is -3.33. The number of hydrogen-bond donors (Lipinski definition) is 0. The van der Waals surface area contributed by atoms with E-state index in [1.54, 1.807) is 42.5 Å². The van der Waals surface area contributed by atoms with Crippen LogP contribution in [-0.2, 0) is 10.1 Å². The highest BCUT2D eigenvalue weighted by Gasteiger charge is 2.48. The Kier molecular flexibility index (Phi) is 3.43. The van der Waals surface area contributed by atoms with E-state index in [1.807, 2.05) is 0 Å². The third-order valence-corrected chi connectivity index (χ3v) is 5.87. The number of rotatable bonds is 2. The molecule has 3 aromatic carbocycles. The predicted octanol–water partition coefficient (Wildman–Crippen LogP) is 4.43. The van der Waals surface area contributed by atoms with E-state index in [4.69, 9.17) is 0 Å². The molecule has 29 heavy (non-hydrogen) atoms. The van der Waals surface area contributed by atoms with Gasteiger partial charge in [0.05, 0.1) is 16.4 Å². The molecule has 9 heteroatoms. The number of para-hydroxylation sites is 1. The van der Waals surface area contributed by atoms with Crippen LogP contribution < -0.4 is 9.74 Å². The van der Waals surface area contributed by atoms with Gasteiger partial charge < -0.3 is 4.18 Å². The number of pyridine rings is 1. The fraction of sp³-hybridized carbons (Fsp3) is 0.0500. The maximum Gasteiger partial charge on any atom is 0.534 e. The number of alkyl halides is 3. The summed E-state index contributed by atoms with van der Waals surface area (Å²) < 4.78 is 67.5. The molecule has 5 aromatic rings. The van der Waals surface area contributed by atoms with Crippen molar-refractivity contribution in [2.24, 2.45) is 0 Å². The first-order valence-corrected chi connectivity index (χ1v) is 9.82. The lowest BCUT2D eigenvalue weighted by atomic mass is 10.0. The molecule has 2 heterocycles. The first kappa shape index (κ1) is 17.7. The molecule has 0 amide bonds. The summed E-state index contributed by atoms with van der Waals surface area (Å²) in [6.45, 7) is 0. The number of benzene rings is 3. The monoisotopic (exact) mass is 417 g/mol. The van der Waals surface area contributed by atoms with E-state index in [9.17, 15) is 26.4 Å². The molecular weight excluding hydrogens is 407 g/mol. The van der Waals surface area contributed by atoms with E-state index in [0.717, 1.165) is 11.5 Å². The molecular formula is C20H10F3NO4S. The normalized spacial score (nSPS) is 13.1. The summed E-state index contributed by atoms with van der Waals surface area (Å²) in [5.74, 6) is -0.487. The molecule has 146 valence electrons. The van der Waals surface area contributed by atoms with Gasteiger partial charge in [0.15, 0.2) is 5.75 Å². The largest absolute Gasteiger partial charge is 0.534 e. The molecule has 0 bridgehead atoms. The molecule has 0 aliphatic carbocycles. The van der Waals surface area contributed by atoms with Crippen molar-refractivity contribution in [3.63, 3.8) is 0 Å². The maximum atomic E-state index is 13.1. The lowest BCUT2D eigenvalue weighted by Crippen LogP contribution is -2.28. The Labute approximate surface area is 161 Å². The van der Waals surface area contributed by atoms with Crippen LogP contribution in [0.3, 0.4) is 0 Å². The molecule has 0 aliphatic heterocycles. The number of halogens is 3. The van der Waals surface area contributed by atoms with Gasteiger partial charge in [0.1, 0.15) is 0 Å². The molecule has 0 atom stereocenters. The molecule has 0 saturated carbocycles. The summed E-state index contributed by atoms with van der Waals surface area (Å²) in [4.78, 5) is 13.1. The SMILES string of the molecule is O=c1c2ccccc2c2cccc3c4c(OS(=O)(=O)C(F)(F)F)cccc4n1c23. The van der Waals surface area contributed by atoms with Crippen LogP contribution in [0.1, 0.15) is 0 Å². The summed E-state index contributed by atoms with van der Waals surface area (Å²) in [5.41, 5.74) is -5.16. The van der Waals surface area contributed by atoms with Crippen LogP contribution >= 0.6 is 0 Å². The van der Waals surface area contributed by atoms with E-state index in [0.29, 0.717) is 21.7 Å². The van der Waals surface area contributed by atoms with E-state index in [-0.39, 0.29) is 16.5 Å². The lowest BCUT2D eigenvalue weighted by molar-refractivity contribution is -0.0499. The molecule has 0 radical (unpaired) electrons. The quantitative estimate of drug-likeness (QED) is 0.242. The first-order valence-electron chi connectivity index (χ1n) is 8.42. The van der Waals surface area contributed by atoms with Crippen molar-refractivity contribution in [3.8, 4) is 5.75 Å². The van der Waals surface area contributed by atoms with Gasteiger partial charge in [-0.2, -0.15) is 21.6 Å². The minimum Gasteiger partial charge on any atom is -0.375 e. The minimum absolute atomic E-state index is 0.123. The van der Waals surface area contributed by atoms with Crippen LogP contribution in [0.25, 0.3) is 38.0 Å². The summed E-state index contributed by atoms with van der Waals surface area (Å²) in [6.07, 6.45) is 0. The Morgan fingerprint density at radius 3 is 2.14 bits per heavy atom. The molecule has 0 spiro atoms. The third kappa shape index (κ3) is 2.34. The zero-order valence-corrected chi connectivity index (χ0v) is 15.2. The number of hydrogen-bond acceptors (Lipinski definition) is 4. The molecule has 5 rings (SSSR count). The third-order valence-electron chi connectivity index (χ3n) is 4.91. The van der Waals surface area contributed by atoms with Gasteiger partial charge in [-0.1, -0.05) is 42.5 Å². The molecule has 0 aliphatic rings. The maximum absolute atomic E-state index is 13.1. The summed E-state index contributed by atoms with van der Waals surface area (Å²) in [6, 6.07) is 16.1. The minimum atomic E-state index is -5.86. The summed E-state index contributed by atoms with van der Waals surface area (Å²) in [7, 11) is -5.86. The second-order valence-corrected chi connectivity index (χ2v) is 8.06. The number of fused-ring (bicyclic) bond motifs is 5. The Morgan fingerprint density at radius 1 is 0.793 bits per heavy atom. The Balaban J connectivity index is 1.99. The van der Waals surface area contributed by atoms with E-state index in [2.05, 4.69) is 4.18 Å². The highest BCUT2D eigenvalue weighted by molar-refractivity contribution is 7.88. The molecule has 0 unspecified atom stereocenters. The number of nitrogens with zero attached hydrogens (tertiary/aromatic N) is 1. The molecule has 2 aromatic heterocycles. The smallest absolute Gasteiger partial charge is 0.375 e. The lowest BCUT2D eigenvalue weighted by Gasteiger charge is -2.10. The van der Waals surface area contributed by atoms with Crippen molar-refractivity contribution in [1.29, 1.82) is 0 Å². The van der Waals surface area contributed by atoms with E-state index >= 15 is 0 Å². The second-order valence-electron chi connectivity index (χ2n) is 6.52. The Bertz CT molecular complexity index is 1600. The van der Waals surface area contributed by atoms with Crippen molar-refractivity contribution in [2.45, 2.75) is 5.51 Å². The van der Waals surface area contributed by atoms with Crippen LogP contribution in [0.15, 0.2) is 65.5 Å². The van der Waals surface area contributed by atoms with Gasteiger partial charge >= 0.3 is 15.6 Å². The molecule has 0 fully saturated rings. The van der Waals surface area contributed by atoms with Gasteiger partial charge in [-0.3, -0.25) is 9.20 Å². The summed E-state index contributed by atoms with van der Waals surface area (Å²) >= 11 is 0. The average molecular weight is 417 g/mol. The van der Waals surface area contributed by atoms with Crippen molar-refractivity contribution in [1.82, 2.24) is 4.40 Å². The van der Waals surface area contributed by atoms with Gasteiger partial charge in [-0.15, -0.1) is 0 Å². The van der Waals surface area contributed by atoms with Crippen LogP contribution in [0.5, 0.6) is 5.75 Å². The zero-order valence-electron chi connectivity index (χ0n) is 14.4. The first-order chi connectivity index (χ1) is 13.7. The number of aromatic nitrogens is 1. The molecule has 5 nitrogen and oxygen atoms in total. The predicted molar refractivity (Wildman–Crippen MR) is 103 cm³/mol. The average Bonchev–Trinajstić information content (AvgIpc) is 3.01. The van der Waals surface area contributed by atoms with E-state index in [1.165, 1.54) is 16.5 Å². The van der Waals surface area contributed by atoms with Gasteiger partial charge in [-0.25, -0.2) is 0 Å². The van der Waals surface area contributed by atoms with Gasteiger partial charge in [0, 0.05) is 16.2 Å². The van der Waals surface area contributed by atoms with Crippen LogP contribution in [-0.4, -0.2) is 18.3 Å². The zero-order chi connectivity index (χ0) is 20.6. The summed E-state index contributed by atoms with van der Waals surface area (Å²) in [5, 5.41) is 2.41. The van der Waals surface area contributed by atoms with Crippen molar-refractivity contribution in [3.05, 3.63) is 71.0 Å². The topological polar surface area (TPSA) is 64.9 Å². The van der Waals surface area contributed by atoms with Crippen molar-refractivity contribution >= 4 is 48.1 Å². The van der Waals surface area contributed by atoms with Gasteiger partial charge in [0.2, 0.25) is 0 Å². The van der Waals surface area contributed by atoms with Crippen LogP contribution in [0.2, 0.25) is 0 Å². The highest BCUT2D eigenvalue weighted by atomic mass is 32.2. The fourth-order valence-corrected chi connectivity index (χ4v) is 4.24. The van der Waals surface area contributed by atoms with E-state index < -0.39 is 21.4 Å². The van der Waals surface area contributed by atoms with Gasteiger partial charge in [0.25, 0.3) is 5.56 Å². The molecule has 0 N–H and O–H groups in total. The Morgan fingerprint density at radius 2 is 1.41 bits per heavy atom. The standard InChI is InChI=1S/C20H10F3NO4S/c21-20(22,23)29(26,27)28-16-10-4-9-15-17(16)14-8-3-7-12-11-5-1-2-6-13(11)19(25)24(15)18(12)14/h1-10H. The van der Waals surface area contributed by atoms with Crippen LogP contribution in [0, 0.1) is 0 Å². The fourth-order valence-electron chi connectivity index (χ4n) is 3.77. The second kappa shape index (κ2) is 5.60. The van der Waals surface area contributed by atoms with Crippen LogP contribution in [0.4, 0.5) is 13.2 Å². The highest BCUT2D eigenvalue weighted by Crippen LogP contribution is 2.40. The van der Waals surface area contributed by atoms with Crippen molar-refractivity contribution < 1.29 is 25.8 Å². The van der Waals surface area contributed by atoms with Crippen molar-refractivity contribution in [2.75, 3.05) is 0 Å².